The molecule has 1 N–H and O–H groups in total. The molecule has 0 aromatic heterocycles. The highest BCUT2D eigenvalue weighted by atomic mass is 16.5. The first-order valence-corrected chi connectivity index (χ1v) is 10.3. The number of nitrogens with one attached hydrogen (secondary N) is 1. The minimum atomic E-state index is -0.133. The van der Waals surface area contributed by atoms with Crippen LogP contribution >= 0.6 is 0 Å². The number of carbonyl (C=O) groups is 2. The number of hydrogen-bond acceptors (Lipinski definition) is 5. The number of benzene rings is 2. The SMILES string of the molecule is CCCOc1ccc(C(=O)CCC(=O)NCC(c2ccc(OC)cc2)N(C)C)cc1. The number of hydrogen-bond donors (Lipinski definition) is 1. The lowest BCUT2D eigenvalue weighted by atomic mass is 10.0. The Morgan fingerprint density at radius 3 is 2.17 bits per heavy atom. The molecule has 1 unspecified atom stereocenters. The number of ketones is 1. The molecule has 6 heteroatoms. The second-order valence-corrected chi connectivity index (χ2v) is 7.35. The second kappa shape index (κ2) is 12.0. The minimum absolute atomic E-state index is 0.0335. The van der Waals surface area contributed by atoms with Crippen LogP contribution in [0.15, 0.2) is 48.5 Å². The molecule has 2 aromatic rings. The molecule has 162 valence electrons. The zero-order valence-corrected chi connectivity index (χ0v) is 18.3. The van der Waals surface area contributed by atoms with E-state index in [1.165, 1.54) is 0 Å². The van der Waals surface area contributed by atoms with Crippen molar-refractivity contribution in [3.8, 4) is 11.5 Å². The number of rotatable bonds is 12. The van der Waals surface area contributed by atoms with Crippen molar-refractivity contribution in [2.24, 2.45) is 0 Å². The fraction of sp³-hybridized carbons (Fsp3) is 0.417. The summed E-state index contributed by atoms with van der Waals surface area (Å²) >= 11 is 0. The largest absolute Gasteiger partial charge is 0.497 e. The zero-order valence-electron chi connectivity index (χ0n) is 18.3. The molecule has 30 heavy (non-hydrogen) atoms. The normalized spacial score (nSPS) is 11.8. The Morgan fingerprint density at radius 2 is 1.60 bits per heavy atom. The van der Waals surface area contributed by atoms with Crippen molar-refractivity contribution in [3.05, 3.63) is 59.7 Å². The van der Waals surface area contributed by atoms with Gasteiger partial charge in [-0.05, 0) is 62.5 Å². The van der Waals surface area contributed by atoms with E-state index in [-0.39, 0.29) is 30.6 Å². The van der Waals surface area contributed by atoms with Crippen molar-refractivity contribution in [2.45, 2.75) is 32.2 Å². The first-order chi connectivity index (χ1) is 14.4. The van der Waals surface area contributed by atoms with Gasteiger partial charge in [0.1, 0.15) is 11.5 Å². The summed E-state index contributed by atoms with van der Waals surface area (Å²) in [6, 6.07) is 14.9. The molecule has 2 rings (SSSR count). The van der Waals surface area contributed by atoms with Crippen LogP contribution in [-0.2, 0) is 4.79 Å². The number of carbonyl (C=O) groups excluding carboxylic acids is 2. The van der Waals surface area contributed by atoms with Gasteiger partial charge >= 0.3 is 0 Å². The van der Waals surface area contributed by atoms with Crippen molar-refractivity contribution in [3.63, 3.8) is 0 Å². The number of likely N-dealkylation sites (N-methyl/N-ethyl adjacent to an activating group) is 1. The van der Waals surface area contributed by atoms with E-state index in [1.54, 1.807) is 31.4 Å². The summed E-state index contributed by atoms with van der Waals surface area (Å²) < 4.78 is 10.7. The number of ether oxygens (including phenoxy) is 2. The van der Waals surface area contributed by atoms with E-state index < -0.39 is 0 Å². The Kier molecular flexibility index (Phi) is 9.35. The Labute approximate surface area is 179 Å². The van der Waals surface area contributed by atoms with E-state index in [2.05, 4.69) is 10.2 Å². The van der Waals surface area contributed by atoms with Crippen molar-refractivity contribution in [1.82, 2.24) is 10.2 Å². The summed E-state index contributed by atoms with van der Waals surface area (Å²) in [4.78, 5) is 26.7. The number of amides is 1. The molecule has 0 aliphatic heterocycles. The first kappa shape index (κ1) is 23.4. The topological polar surface area (TPSA) is 67.9 Å². The highest BCUT2D eigenvalue weighted by Gasteiger charge is 2.16. The van der Waals surface area contributed by atoms with E-state index >= 15 is 0 Å². The third-order valence-electron chi connectivity index (χ3n) is 4.84. The van der Waals surface area contributed by atoms with Crippen LogP contribution in [-0.4, -0.2) is 50.9 Å². The molecule has 0 heterocycles. The fourth-order valence-corrected chi connectivity index (χ4v) is 3.05. The predicted molar refractivity (Wildman–Crippen MR) is 118 cm³/mol. The van der Waals surface area contributed by atoms with Crippen molar-refractivity contribution >= 4 is 11.7 Å². The summed E-state index contributed by atoms with van der Waals surface area (Å²) in [6.45, 7) is 3.16. The van der Waals surface area contributed by atoms with Crippen molar-refractivity contribution < 1.29 is 19.1 Å². The lowest BCUT2D eigenvalue weighted by Crippen LogP contribution is -2.34. The van der Waals surface area contributed by atoms with Gasteiger partial charge < -0.3 is 19.7 Å². The zero-order chi connectivity index (χ0) is 21.9. The van der Waals surface area contributed by atoms with Gasteiger partial charge in [-0.15, -0.1) is 0 Å². The Bertz CT molecular complexity index is 801. The summed E-state index contributed by atoms with van der Waals surface area (Å²) in [5.74, 6) is 1.36. The van der Waals surface area contributed by atoms with Crippen molar-refractivity contribution in [2.75, 3.05) is 34.4 Å². The highest BCUT2D eigenvalue weighted by Crippen LogP contribution is 2.21. The quantitative estimate of drug-likeness (QED) is 0.536. The van der Waals surface area contributed by atoms with Gasteiger partial charge in [0.25, 0.3) is 0 Å². The minimum Gasteiger partial charge on any atom is -0.497 e. The molecule has 0 saturated carbocycles. The van der Waals surface area contributed by atoms with Crippen LogP contribution < -0.4 is 14.8 Å². The molecule has 0 radical (unpaired) electrons. The van der Waals surface area contributed by atoms with Crippen LogP contribution in [0.3, 0.4) is 0 Å². The lowest BCUT2D eigenvalue weighted by molar-refractivity contribution is -0.121. The fourth-order valence-electron chi connectivity index (χ4n) is 3.05. The van der Waals surface area contributed by atoms with Gasteiger partial charge in [-0.3, -0.25) is 9.59 Å². The molecular weight excluding hydrogens is 380 g/mol. The van der Waals surface area contributed by atoms with Crippen LogP contribution in [0, 0.1) is 0 Å². The Balaban J connectivity index is 1.83. The van der Waals surface area contributed by atoms with Crippen LogP contribution in [0.25, 0.3) is 0 Å². The van der Waals surface area contributed by atoms with E-state index in [0.29, 0.717) is 18.7 Å². The van der Waals surface area contributed by atoms with Crippen LogP contribution in [0.4, 0.5) is 0 Å². The molecule has 2 aromatic carbocycles. The molecule has 6 nitrogen and oxygen atoms in total. The smallest absolute Gasteiger partial charge is 0.220 e. The van der Waals surface area contributed by atoms with Gasteiger partial charge in [-0.1, -0.05) is 19.1 Å². The number of methoxy groups -OCH3 is 1. The van der Waals surface area contributed by atoms with Gasteiger partial charge in [0.2, 0.25) is 5.91 Å². The number of nitrogens with zero attached hydrogens (tertiary/aromatic N) is 1. The first-order valence-electron chi connectivity index (χ1n) is 10.3. The molecule has 1 atom stereocenters. The predicted octanol–water partition coefficient (Wildman–Crippen LogP) is 3.87. The monoisotopic (exact) mass is 412 g/mol. The Hall–Kier alpha value is -2.86. The second-order valence-electron chi connectivity index (χ2n) is 7.35. The van der Waals surface area contributed by atoms with Gasteiger partial charge in [0.05, 0.1) is 19.8 Å². The molecule has 1 amide bonds. The maximum Gasteiger partial charge on any atom is 0.220 e. The van der Waals surface area contributed by atoms with E-state index in [9.17, 15) is 9.59 Å². The van der Waals surface area contributed by atoms with Gasteiger partial charge in [-0.25, -0.2) is 0 Å². The third kappa shape index (κ3) is 7.19. The summed E-state index contributed by atoms with van der Waals surface area (Å²) in [6.07, 6.45) is 1.27. The Morgan fingerprint density at radius 1 is 0.967 bits per heavy atom. The molecule has 0 fully saturated rings. The molecule has 0 saturated heterocycles. The number of Topliss-reactive ketones (excluding diaryl/α,β-unsaturated/α-hetero) is 1. The third-order valence-corrected chi connectivity index (χ3v) is 4.84. The molecule has 0 aliphatic rings. The standard InChI is InChI=1S/C24H32N2O4/c1-5-16-30-21-12-8-19(9-13-21)23(27)14-15-24(28)25-17-22(26(2)3)18-6-10-20(29-4)11-7-18/h6-13,22H,5,14-17H2,1-4H3,(H,25,28). The summed E-state index contributed by atoms with van der Waals surface area (Å²) in [5, 5.41) is 2.95. The van der Waals surface area contributed by atoms with Gasteiger partial charge in [0.15, 0.2) is 5.78 Å². The lowest BCUT2D eigenvalue weighted by Gasteiger charge is -2.25. The maximum atomic E-state index is 12.4. The van der Waals surface area contributed by atoms with Gasteiger partial charge in [0, 0.05) is 24.9 Å². The van der Waals surface area contributed by atoms with Crippen LogP contribution in [0.2, 0.25) is 0 Å². The molecule has 0 spiro atoms. The van der Waals surface area contributed by atoms with Crippen molar-refractivity contribution in [1.29, 1.82) is 0 Å². The van der Waals surface area contributed by atoms with Crippen LogP contribution in [0.5, 0.6) is 11.5 Å². The van der Waals surface area contributed by atoms with E-state index in [1.807, 2.05) is 45.3 Å². The average Bonchev–Trinajstić information content (AvgIpc) is 2.76. The average molecular weight is 413 g/mol. The molecule has 0 bridgehead atoms. The van der Waals surface area contributed by atoms with E-state index in [0.717, 1.165) is 23.5 Å². The highest BCUT2D eigenvalue weighted by molar-refractivity contribution is 5.98. The van der Waals surface area contributed by atoms with Crippen LogP contribution in [0.1, 0.15) is 48.1 Å². The molecular formula is C24H32N2O4. The summed E-state index contributed by atoms with van der Waals surface area (Å²) in [5.41, 5.74) is 1.68. The van der Waals surface area contributed by atoms with Gasteiger partial charge in [-0.2, -0.15) is 0 Å². The molecule has 0 aliphatic carbocycles. The summed E-state index contributed by atoms with van der Waals surface area (Å²) in [7, 11) is 5.57. The maximum absolute atomic E-state index is 12.4. The van der Waals surface area contributed by atoms with E-state index in [4.69, 9.17) is 9.47 Å².